The second kappa shape index (κ2) is 13.9. The summed E-state index contributed by atoms with van der Waals surface area (Å²) >= 11 is 6.03. The number of hydrogen-bond acceptors (Lipinski definition) is 8. The lowest BCUT2D eigenvalue weighted by Crippen LogP contribution is -2.53. The molecule has 0 unspecified atom stereocenters. The Balaban J connectivity index is 1.38. The van der Waals surface area contributed by atoms with Crippen LogP contribution < -0.4 is 0 Å². The number of amides is 2. The number of ether oxygens (including phenoxy) is 2. The molecule has 1 fully saturated rings. The van der Waals surface area contributed by atoms with E-state index in [1.807, 2.05) is 60.7 Å². The van der Waals surface area contributed by atoms with E-state index in [0.29, 0.717) is 29.3 Å². The van der Waals surface area contributed by atoms with Crippen LogP contribution in [0.15, 0.2) is 89.3 Å². The zero-order valence-corrected chi connectivity index (χ0v) is 25.6. The van der Waals surface area contributed by atoms with Crippen molar-refractivity contribution in [3.8, 4) is 11.5 Å². The van der Waals surface area contributed by atoms with Crippen molar-refractivity contribution in [3.63, 3.8) is 0 Å². The smallest absolute Gasteiger partial charge is 0.434 e. The van der Waals surface area contributed by atoms with Crippen LogP contribution >= 0.6 is 11.6 Å². The molecule has 0 aliphatic carbocycles. The Kier molecular flexibility index (Phi) is 9.82. The third-order valence-electron chi connectivity index (χ3n) is 6.93. The third-order valence-corrected chi connectivity index (χ3v) is 7.18. The zero-order valence-electron chi connectivity index (χ0n) is 24.9. The maximum Gasteiger partial charge on any atom is 0.434 e. The molecule has 1 aliphatic rings. The summed E-state index contributed by atoms with van der Waals surface area (Å²) < 4.78 is 17.5. The molecule has 44 heavy (non-hydrogen) atoms. The minimum Gasteiger partial charge on any atom is -0.444 e. The Morgan fingerprint density at radius 1 is 0.909 bits per heavy atom. The lowest BCUT2D eigenvalue weighted by atomic mass is 9.98. The van der Waals surface area contributed by atoms with E-state index < -0.39 is 29.9 Å². The Labute approximate surface area is 261 Å². The summed E-state index contributed by atoms with van der Waals surface area (Å²) in [6.45, 7) is 5.69. The van der Waals surface area contributed by atoms with Gasteiger partial charge in [-0.15, -0.1) is 10.2 Å². The van der Waals surface area contributed by atoms with E-state index in [9.17, 15) is 9.59 Å². The van der Waals surface area contributed by atoms with Gasteiger partial charge in [0.2, 0.25) is 11.8 Å². The number of aromatic nitrogens is 2. The van der Waals surface area contributed by atoms with Gasteiger partial charge < -0.3 is 13.9 Å². The number of carbonyl (C=O) groups excluding carboxylic acids is 2. The molecule has 0 spiro atoms. The van der Waals surface area contributed by atoms with Gasteiger partial charge in [0.25, 0.3) is 0 Å². The van der Waals surface area contributed by atoms with E-state index in [2.05, 4.69) is 10.2 Å². The van der Waals surface area contributed by atoms with Crippen LogP contribution in [0.2, 0.25) is 5.02 Å². The van der Waals surface area contributed by atoms with Gasteiger partial charge in [-0.3, -0.25) is 9.74 Å². The molecule has 2 heterocycles. The van der Waals surface area contributed by atoms with Gasteiger partial charge in [0, 0.05) is 17.1 Å². The SMILES string of the molecule is CC(C)(C)OC(=O)N1C[C@H](N(OCc2ccccc2)C(=O)OCc2ccccc2)CC[C@H]1c1nnc(-c2ccc(Cl)cc2)o1. The van der Waals surface area contributed by atoms with E-state index in [0.717, 1.165) is 11.1 Å². The molecule has 11 heteroatoms. The minimum absolute atomic E-state index is 0.0749. The summed E-state index contributed by atoms with van der Waals surface area (Å²) in [5.41, 5.74) is 1.67. The summed E-state index contributed by atoms with van der Waals surface area (Å²) in [5, 5.41) is 10.3. The van der Waals surface area contributed by atoms with Gasteiger partial charge in [0.1, 0.15) is 24.9 Å². The first kappa shape index (κ1) is 31.0. The highest BCUT2D eigenvalue weighted by Gasteiger charge is 2.42. The Bertz CT molecular complexity index is 1530. The molecule has 0 radical (unpaired) electrons. The number of carbonyl (C=O) groups is 2. The number of hydroxylamine groups is 2. The molecule has 2 amide bonds. The van der Waals surface area contributed by atoms with Gasteiger partial charge in [-0.05, 0) is 69.0 Å². The standard InChI is InChI=1S/C33H35ClN4O6/c1-33(2,3)44-31(39)37-20-27(18-19-28(37)30-36-35-29(43-30)25-14-16-26(34)17-15-25)38(42-22-24-12-8-5-9-13-24)32(40)41-21-23-10-6-4-7-11-23/h4-17,27-28H,18-22H2,1-3H3/t27-,28+/m1/s1. The molecule has 10 nitrogen and oxygen atoms in total. The Morgan fingerprint density at radius 2 is 1.55 bits per heavy atom. The molecule has 3 aromatic carbocycles. The van der Waals surface area contributed by atoms with Gasteiger partial charge >= 0.3 is 12.2 Å². The molecule has 2 atom stereocenters. The molecule has 0 N–H and O–H groups in total. The van der Waals surface area contributed by atoms with E-state index >= 15 is 0 Å². The first-order valence-electron chi connectivity index (χ1n) is 14.4. The lowest BCUT2D eigenvalue weighted by molar-refractivity contribution is -0.183. The highest BCUT2D eigenvalue weighted by molar-refractivity contribution is 6.30. The van der Waals surface area contributed by atoms with Crippen molar-refractivity contribution in [3.05, 3.63) is 107 Å². The van der Waals surface area contributed by atoms with Crippen LogP contribution in [0, 0.1) is 0 Å². The predicted octanol–water partition coefficient (Wildman–Crippen LogP) is 7.60. The van der Waals surface area contributed by atoms with Crippen LogP contribution in [0.4, 0.5) is 9.59 Å². The average Bonchev–Trinajstić information content (AvgIpc) is 3.51. The van der Waals surface area contributed by atoms with Crippen LogP contribution in [0.5, 0.6) is 0 Å². The summed E-state index contributed by atoms with van der Waals surface area (Å²) in [6, 6.07) is 24.8. The van der Waals surface area contributed by atoms with Crippen LogP contribution in [0.3, 0.4) is 0 Å². The molecule has 1 aromatic heterocycles. The van der Waals surface area contributed by atoms with Gasteiger partial charge in [-0.25, -0.2) is 9.59 Å². The van der Waals surface area contributed by atoms with Crippen molar-refractivity contribution in [2.75, 3.05) is 6.54 Å². The second-order valence-corrected chi connectivity index (χ2v) is 11.9. The first-order valence-corrected chi connectivity index (χ1v) is 14.8. The summed E-state index contributed by atoms with van der Waals surface area (Å²) in [4.78, 5) is 34.6. The van der Waals surface area contributed by atoms with E-state index in [1.54, 1.807) is 45.0 Å². The van der Waals surface area contributed by atoms with Crippen LogP contribution in [-0.2, 0) is 27.5 Å². The zero-order chi connectivity index (χ0) is 31.1. The maximum absolute atomic E-state index is 13.6. The van der Waals surface area contributed by atoms with Crippen molar-refractivity contribution in [1.29, 1.82) is 0 Å². The molecule has 4 aromatic rings. The molecular formula is C33H35ClN4O6. The Morgan fingerprint density at radius 3 is 2.18 bits per heavy atom. The molecule has 0 saturated carbocycles. The van der Waals surface area contributed by atoms with Crippen molar-refractivity contribution in [1.82, 2.24) is 20.2 Å². The molecule has 230 valence electrons. The fourth-order valence-electron chi connectivity index (χ4n) is 4.81. The molecule has 1 saturated heterocycles. The van der Waals surface area contributed by atoms with Crippen molar-refractivity contribution < 1.29 is 28.3 Å². The van der Waals surface area contributed by atoms with E-state index in [4.69, 9.17) is 30.3 Å². The van der Waals surface area contributed by atoms with Crippen molar-refractivity contribution >= 4 is 23.8 Å². The normalized spacial score (nSPS) is 16.8. The highest BCUT2D eigenvalue weighted by atomic mass is 35.5. The number of likely N-dealkylation sites (tertiary alicyclic amines) is 1. The monoisotopic (exact) mass is 618 g/mol. The first-order chi connectivity index (χ1) is 21.2. The average molecular weight is 619 g/mol. The van der Waals surface area contributed by atoms with E-state index in [1.165, 1.54) is 9.96 Å². The summed E-state index contributed by atoms with van der Waals surface area (Å²) in [7, 11) is 0. The fraction of sp³-hybridized carbons (Fsp3) is 0.333. The lowest BCUT2D eigenvalue weighted by Gasteiger charge is -2.41. The highest BCUT2D eigenvalue weighted by Crippen LogP contribution is 2.35. The number of hydrogen-bond donors (Lipinski definition) is 0. The predicted molar refractivity (Wildman–Crippen MR) is 163 cm³/mol. The number of piperidine rings is 1. The quantitative estimate of drug-likeness (QED) is 0.186. The summed E-state index contributed by atoms with van der Waals surface area (Å²) in [6.07, 6.45) is -0.347. The largest absolute Gasteiger partial charge is 0.444 e. The topological polar surface area (TPSA) is 107 Å². The van der Waals surface area contributed by atoms with Crippen LogP contribution in [-0.4, -0.2) is 50.5 Å². The number of nitrogens with zero attached hydrogens (tertiary/aromatic N) is 4. The molecule has 1 aliphatic heterocycles. The van der Waals surface area contributed by atoms with Gasteiger partial charge in [0.15, 0.2) is 0 Å². The molecule has 0 bridgehead atoms. The second-order valence-electron chi connectivity index (χ2n) is 11.5. The molecular weight excluding hydrogens is 584 g/mol. The minimum atomic E-state index is -0.754. The van der Waals surface area contributed by atoms with E-state index in [-0.39, 0.29) is 25.6 Å². The molecule has 5 rings (SSSR count). The number of benzene rings is 3. The van der Waals surface area contributed by atoms with Crippen LogP contribution in [0.25, 0.3) is 11.5 Å². The maximum atomic E-state index is 13.6. The van der Waals surface area contributed by atoms with Gasteiger partial charge in [-0.2, -0.15) is 5.06 Å². The van der Waals surface area contributed by atoms with Crippen LogP contribution in [0.1, 0.15) is 56.7 Å². The number of rotatable bonds is 8. The number of halogens is 1. The van der Waals surface area contributed by atoms with Crippen molar-refractivity contribution in [2.24, 2.45) is 0 Å². The fourth-order valence-corrected chi connectivity index (χ4v) is 4.93. The summed E-state index contributed by atoms with van der Waals surface area (Å²) in [5.74, 6) is 0.572. The van der Waals surface area contributed by atoms with Gasteiger partial charge in [-0.1, -0.05) is 72.3 Å². The van der Waals surface area contributed by atoms with Gasteiger partial charge in [0.05, 0.1) is 6.04 Å². The Hall–Kier alpha value is -4.41. The third kappa shape index (κ3) is 8.15. The van der Waals surface area contributed by atoms with Crippen molar-refractivity contribution in [2.45, 2.75) is 64.5 Å².